The van der Waals surface area contributed by atoms with Gasteiger partial charge in [-0.3, -0.25) is 19.8 Å². The topological polar surface area (TPSA) is 168 Å². The smallest absolute Gasteiger partial charge is 0.334 e. The minimum absolute atomic E-state index is 0.0268. The number of primary amides is 1. The maximum atomic E-state index is 13.5. The van der Waals surface area contributed by atoms with Gasteiger partial charge in [0.25, 0.3) is 5.91 Å². The van der Waals surface area contributed by atoms with Crippen molar-refractivity contribution in [3.63, 3.8) is 0 Å². The summed E-state index contributed by atoms with van der Waals surface area (Å²) < 4.78 is 13.5. The highest BCUT2D eigenvalue weighted by Gasteiger charge is 2.28. The van der Waals surface area contributed by atoms with E-state index in [0.29, 0.717) is 5.56 Å². The van der Waals surface area contributed by atoms with Crippen molar-refractivity contribution in [3.8, 4) is 0 Å². The lowest BCUT2D eigenvalue weighted by Gasteiger charge is -2.24. The zero-order valence-corrected chi connectivity index (χ0v) is 21.7. The summed E-state index contributed by atoms with van der Waals surface area (Å²) in [5.41, 5.74) is 17.2. The molecular weight excluding hydrogens is 503 g/mol. The standard InChI is InChI=1S/C28H33FN6O4/c1-16(2)24(27(38)32-23(25(31)36)15-17-6-5-9-21(29)13-17)33-28(39)35-34-26(37)22(30)14-18-10-11-19-7-3-4-8-20(19)12-18/h3-13,16,22-24H,14-15,30H2,1-2H3,(H2,31,36)(H,32,38)(H,34,37)(H2,33,35,39)/t22-,23-,24-/m0/s1. The first-order valence-corrected chi connectivity index (χ1v) is 12.5. The molecular formula is C28H33FN6O4. The molecule has 3 rings (SSSR count). The Bertz CT molecular complexity index is 1350. The molecule has 0 aliphatic carbocycles. The van der Waals surface area contributed by atoms with E-state index in [1.54, 1.807) is 19.9 Å². The molecule has 39 heavy (non-hydrogen) atoms. The monoisotopic (exact) mass is 536 g/mol. The molecule has 0 saturated heterocycles. The molecule has 11 heteroatoms. The van der Waals surface area contributed by atoms with Crippen molar-refractivity contribution < 1.29 is 23.6 Å². The van der Waals surface area contributed by atoms with Crippen LogP contribution in [-0.2, 0) is 27.2 Å². The first kappa shape index (κ1) is 29.1. The van der Waals surface area contributed by atoms with Crippen LogP contribution in [0.4, 0.5) is 9.18 Å². The van der Waals surface area contributed by atoms with Crippen molar-refractivity contribution in [1.29, 1.82) is 0 Å². The third-order valence-corrected chi connectivity index (χ3v) is 6.13. The molecule has 0 saturated carbocycles. The fraction of sp³-hybridized carbons (Fsp3) is 0.286. The molecule has 0 fully saturated rings. The van der Waals surface area contributed by atoms with E-state index in [0.717, 1.165) is 16.3 Å². The van der Waals surface area contributed by atoms with E-state index >= 15 is 0 Å². The van der Waals surface area contributed by atoms with Crippen molar-refractivity contribution in [2.75, 3.05) is 0 Å². The second-order valence-electron chi connectivity index (χ2n) is 9.60. The summed E-state index contributed by atoms with van der Waals surface area (Å²) in [4.78, 5) is 49.7. The Kier molecular flexibility index (Phi) is 9.93. The SMILES string of the molecule is CC(C)[C@H](NC(=O)NNC(=O)[C@@H](N)Cc1ccc2ccccc2c1)C(=O)N[C@@H](Cc1cccc(F)c1)C(N)=O. The number of hydrogen-bond acceptors (Lipinski definition) is 5. The van der Waals surface area contributed by atoms with Gasteiger partial charge in [0.1, 0.15) is 17.9 Å². The van der Waals surface area contributed by atoms with E-state index in [1.165, 1.54) is 18.2 Å². The van der Waals surface area contributed by atoms with Gasteiger partial charge in [0.2, 0.25) is 11.8 Å². The van der Waals surface area contributed by atoms with Gasteiger partial charge in [0.15, 0.2) is 0 Å². The van der Waals surface area contributed by atoms with Gasteiger partial charge in [0, 0.05) is 6.42 Å². The molecule has 0 aliphatic rings. The van der Waals surface area contributed by atoms with Gasteiger partial charge in [-0.25, -0.2) is 14.6 Å². The molecule has 3 atom stereocenters. The number of urea groups is 1. The molecule has 5 amide bonds. The highest BCUT2D eigenvalue weighted by Crippen LogP contribution is 2.16. The van der Waals surface area contributed by atoms with Crippen LogP contribution in [-0.4, -0.2) is 41.9 Å². The van der Waals surface area contributed by atoms with E-state index in [-0.39, 0.29) is 18.8 Å². The Balaban J connectivity index is 1.53. The Labute approximate surface area is 225 Å². The second kappa shape index (κ2) is 13.3. The molecule has 206 valence electrons. The Morgan fingerprint density at radius 2 is 1.49 bits per heavy atom. The average Bonchev–Trinajstić information content (AvgIpc) is 2.89. The van der Waals surface area contributed by atoms with Gasteiger partial charge in [-0.05, 0) is 46.4 Å². The van der Waals surface area contributed by atoms with Gasteiger partial charge in [-0.15, -0.1) is 0 Å². The number of benzene rings is 3. The lowest BCUT2D eigenvalue weighted by atomic mass is 10.0. The van der Waals surface area contributed by atoms with Crippen LogP contribution in [0.3, 0.4) is 0 Å². The van der Waals surface area contributed by atoms with Crippen LogP contribution in [0.25, 0.3) is 10.8 Å². The molecule has 0 radical (unpaired) electrons. The van der Waals surface area contributed by atoms with E-state index in [2.05, 4.69) is 21.5 Å². The van der Waals surface area contributed by atoms with E-state index in [9.17, 15) is 23.6 Å². The number of nitrogens with two attached hydrogens (primary N) is 2. The summed E-state index contributed by atoms with van der Waals surface area (Å²) in [6.45, 7) is 3.38. The summed E-state index contributed by atoms with van der Waals surface area (Å²) >= 11 is 0. The summed E-state index contributed by atoms with van der Waals surface area (Å²) in [6, 6.07) is 15.2. The first-order chi connectivity index (χ1) is 18.5. The quantitative estimate of drug-likeness (QED) is 0.215. The molecule has 0 heterocycles. The van der Waals surface area contributed by atoms with Crippen molar-refractivity contribution in [1.82, 2.24) is 21.5 Å². The van der Waals surface area contributed by atoms with Gasteiger partial charge >= 0.3 is 6.03 Å². The van der Waals surface area contributed by atoms with E-state index in [1.807, 2.05) is 42.5 Å². The fourth-order valence-electron chi connectivity index (χ4n) is 4.02. The summed E-state index contributed by atoms with van der Waals surface area (Å²) in [5, 5.41) is 7.06. The van der Waals surface area contributed by atoms with Gasteiger partial charge in [0.05, 0.1) is 6.04 Å². The third-order valence-electron chi connectivity index (χ3n) is 6.13. The molecule has 3 aromatic rings. The molecule has 10 nitrogen and oxygen atoms in total. The number of fused-ring (bicyclic) bond motifs is 1. The molecule has 0 bridgehead atoms. The molecule has 0 aliphatic heterocycles. The number of carbonyl (C=O) groups excluding carboxylic acids is 4. The van der Waals surface area contributed by atoms with Crippen LogP contribution in [0, 0.1) is 11.7 Å². The Morgan fingerprint density at radius 3 is 2.15 bits per heavy atom. The predicted molar refractivity (Wildman–Crippen MR) is 145 cm³/mol. The number of hydrogen-bond donors (Lipinski definition) is 6. The number of rotatable bonds is 10. The summed E-state index contributed by atoms with van der Waals surface area (Å²) in [7, 11) is 0. The van der Waals surface area contributed by atoms with Crippen LogP contribution in [0.2, 0.25) is 0 Å². The minimum atomic E-state index is -1.13. The van der Waals surface area contributed by atoms with Crippen molar-refractivity contribution in [3.05, 3.63) is 83.7 Å². The van der Waals surface area contributed by atoms with Crippen molar-refractivity contribution >= 4 is 34.5 Å². The lowest BCUT2D eigenvalue weighted by Crippen LogP contribution is -2.59. The fourth-order valence-corrected chi connectivity index (χ4v) is 4.02. The average molecular weight is 537 g/mol. The second-order valence-corrected chi connectivity index (χ2v) is 9.60. The van der Waals surface area contributed by atoms with Gasteiger partial charge in [-0.1, -0.05) is 68.4 Å². The number of nitrogens with one attached hydrogen (secondary N) is 4. The molecule has 8 N–H and O–H groups in total. The van der Waals surface area contributed by atoms with Crippen LogP contribution in [0.5, 0.6) is 0 Å². The molecule has 0 spiro atoms. The summed E-state index contributed by atoms with van der Waals surface area (Å²) in [6.07, 6.45) is 0.220. The summed E-state index contributed by atoms with van der Waals surface area (Å²) in [5.74, 6) is -2.97. The van der Waals surface area contributed by atoms with Crippen LogP contribution in [0.1, 0.15) is 25.0 Å². The maximum absolute atomic E-state index is 13.5. The highest BCUT2D eigenvalue weighted by molar-refractivity contribution is 5.92. The van der Waals surface area contributed by atoms with Crippen molar-refractivity contribution in [2.24, 2.45) is 17.4 Å². The first-order valence-electron chi connectivity index (χ1n) is 12.5. The van der Waals surface area contributed by atoms with Crippen LogP contribution < -0.4 is 33.0 Å². The normalized spacial score (nSPS) is 13.3. The van der Waals surface area contributed by atoms with Gasteiger partial charge < -0.3 is 22.1 Å². The lowest BCUT2D eigenvalue weighted by molar-refractivity contribution is -0.129. The Hall–Kier alpha value is -4.51. The zero-order valence-electron chi connectivity index (χ0n) is 21.7. The Morgan fingerprint density at radius 1 is 0.795 bits per heavy atom. The number of amides is 5. The highest BCUT2D eigenvalue weighted by atomic mass is 19.1. The minimum Gasteiger partial charge on any atom is -0.368 e. The van der Waals surface area contributed by atoms with Gasteiger partial charge in [-0.2, -0.15) is 0 Å². The number of carbonyl (C=O) groups is 4. The van der Waals surface area contributed by atoms with E-state index in [4.69, 9.17) is 11.5 Å². The zero-order chi connectivity index (χ0) is 28.5. The molecule has 0 aromatic heterocycles. The largest absolute Gasteiger partial charge is 0.368 e. The predicted octanol–water partition coefficient (Wildman–Crippen LogP) is 1.42. The molecule has 3 aromatic carbocycles. The van der Waals surface area contributed by atoms with Crippen molar-refractivity contribution in [2.45, 2.75) is 44.8 Å². The van der Waals surface area contributed by atoms with Crippen LogP contribution in [0.15, 0.2) is 66.7 Å². The third kappa shape index (κ3) is 8.50. The number of halogens is 1. The molecule has 0 unspecified atom stereocenters. The van der Waals surface area contributed by atoms with Crippen LogP contribution >= 0.6 is 0 Å². The maximum Gasteiger partial charge on any atom is 0.334 e. The van der Waals surface area contributed by atoms with E-state index < -0.39 is 47.7 Å². The number of hydrazine groups is 1.